The zero-order valence-corrected chi connectivity index (χ0v) is 20.7. The fourth-order valence-electron chi connectivity index (χ4n) is 3.45. The highest BCUT2D eigenvalue weighted by Crippen LogP contribution is 2.26. The van der Waals surface area contributed by atoms with Crippen molar-refractivity contribution in [1.29, 1.82) is 0 Å². The van der Waals surface area contributed by atoms with Gasteiger partial charge in [-0.2, -0.15) is 15.0 Å². The van der Waals surface area contributed by atoms with Crippen molar-refractivity contribution in [1.82, 2.24) is 24.8 Å². The Bertz CT molecular complexity index is 1180. The lowest BCUT2D eigenvalue weighted by atomic mass is 10.1. The monoisotopic (exact) mass is 498 g/mol. The number of carbonyl (C=O) groups is 2. The normalized spacial score (nSPS) is 11.9. The highest BCUT2D eigenvalue weighted by Gasteiger charge is 2.17. The van der Waals surface area contributed by atoms with Crippen molar-refractivity contribution in [2.45, 2.75) is 58.5 Å². The number of nitrogen functional groups attached to an aromatic ring is 1. The van der Waals surface area contributed by atoms with Crippen molar-refractivity contribution in [3.63, 3.8) is 0 Å². The molecule has 0 saturated carbocycles. The third-order valence-corrected chi connectivity index (χ3v) is 5.61. The number of aromatic nitrogens is 4. The summed E-state index contributed by atoms with van der Waals surface area (Å²) >= 11 is 0. The molecule has 3 aromatic rings. The second-order valence-corrected chi connectivity index (χ2v) is 8.55. The van der Waals surface area contributed by atoms with Crippen LogP contribution in [-0.4, -0.2) is 55.6 Å². The van der Waals surface area contributed by atoms with Gasteiger partial charge in [0, 0.05) is 12.2 Å². The summed E-state index contributed by atoms with van der Waals surface area (Å²) in [6.07, 6.45) is 3.93. The lowest BCUT2D eigenvalue weighted by Gasteiger charge is -2.10. The third-order valence-electron chi connectivity index (χ3n) is 5.61. The van der Waals surface area contributed by atoms with Crippen LogP contribution in [0.3, 0.4) is 0 Å². The first-order valence-electron chi connectivity index (χ1n) is 12.0. The number of nitrogens with two attached hydrogens (primary N) is 2. The van der Waals surface area contributed by atoms with Gasteiger partial charge in [0.1, 0.15) is 5.78 Å². The topological polar surface area (TPSA) is 183 Å². The Balaban J connectivity index is 1.56. The Kier molecular flexibility index (Phi) is 9.39. The first-order valence-corrected chi connectivity index (χ1v) is 12.0. The summed E-state index contributed by atoms with van der Waals surface area (Å²) in [4.78, 5) is 35.8. The molecule has 12 heteroatoms. The number of Topliss-reactive ketones (excluding diaryl/α,β-unsaturated/α-hetero) is 1. The summed E-state index contributed by atoms with van der Waals surface area (Å²) in [5.41, 5.74) is 13.8. The summed E-state index contributed by atoms with van der Waals surface area (Å²) in [5.74, 6) is 0.104. The predicted molar refractivity (Wildman–Crippen MR) is 137 cm³/mol. The number of aromatic hydroxyl groups is 1. The average Bonchev–Trinajstić information content (AvgIpc) is 3.15. The third kappa shape index (κ3) is 7.28. The molecule has 0 aliphatic rings. The van der Waals surface area contributed by atoms with Gasteiger partial charge in [0.2, 0.25) is 0 Å². The Labute approximate surface area is 209 Å². The van der Waals surface area contributed by atoms with E-state index in [0.29, 0.717) is 36.4 Å². The highest BCUT2D eigenvalue weighted by atomic mass is 16.5. The zero-order valence-electron chi connectivity index (χ0n) is 20.7. The van der Waals surface area contributed by atoms with Crippen LogP contribution < -0.4 is 26.8 Å². The molecule has 0 radical (unpaired) electrons. The van der Waals surface area contributed by atoms with E-state index in [1.165, 1.54) is 11.5 Å². The van der Waals surface area contributed by atoms with Crippen LogP contribution >= 0.6 is 0 Å². The van der Waals surface area contributed by atoms with E-state index in [2.05, 4.69) is 32.5 Å². The van der Waals surface area contributed by atoms with Crippen molar-refractivity contribution >= 4 is 34.5 Å². The maximum atomic E-state index is 12.1. The summed E-state index contributed by atoms with van der Waals surface area (Å²) in [6.45, 7) is 4.77. The van der Waals surface area contributed by atoms with E-state index in [-0.39, 0.29) is 36.2 Å². The summed E-state index contributed by atoms with van der Waals surface area (Å²) in [6, 6.07) is 6.33. The average molecular weight is 499 g/mol. The lowest BCUT2D eigenvalue weighted by molar-refractivity contribution is -0.118. The lowest BCUT2D eigenvalue weighted by Crippen LogP contribution is -2.30. The van der Waals surface area contributed by atoms with Crippen LogP contribution in [0.15, 0.2) is 24.3 Å². The van der Waals surface area contributed by atoms with Gasteiger partial charge in [0.15, 0.2) is 17.0 Å². The molecule has 2 heterocycles. The summed E-state index contributed by atoms with van der Waals surface area (Å²) < 4.78 is 7.09. The molecular weight excluding hydrogens is 464 g/mol. The molecule has 1 aromatic carbocycles. The van der Waals surface area contributed by atoms with E-state index in [1.807, 2.05) is 12.1 Å². The SMILES string of the molecule is CCCCOc1nc(N)c2nc(O)n(Cc3ccc(NC(=O)NCCCCC(N)C(C)=O)cc3)c2n1. The molecule has 36 heavy (non-hydrogen) atoms. The van der Waals surface area contributed by atoms with Crippen molar-refractivity contribution < 1.29 is 19.4 Å². The van der Waals surface area contributed by atoms with Gasteiger partial charge < -0.3 is 31.9 Å². The minimum atomic E-state index is -0.439. The second-order valence-electron chi connectivity index (χ2n) is 8.55. The number of imidazole rings is 1. The first-order chi connectivity index (χ1) is 17.3. The number of amides is 2. The number of carbonyl (C=O) groups excluding carboxylic acids is 2. The van der Waals surface area contributed by atoms with Crippen LogP contribution in [0, 0.1) is 0 Å². The molecular formula is C24H34N8O4. The van der Waals surface area contributed by atoms with Crippen LogP contribution in [0.5, 0.6) is 12.0 Å². The van der Waals surface area contributed by atoms with Crippen molar-refractivity contribution in [2.24, 2.45) is 5.73 Å². The van der Waals surface area contributed by atoms with E-state index in [4.69, 9.17) is 16.2 Å². The van der Waals surface area contributed by atoms with Crippen molar-refractivity contribution in [2.75, 3.05) is 24.2 Å². The fourth-order valence-corrected chi connectivity index (χ4v) is 3.45. The molecule has 0 saturated heterocycles. The number of fused-ring (bicyclic) bond motifs is 1. The number of benzene rings is 1. The van der Waals surface area contributed by atoms with Gasteiger partial charge >= 0.3 is 12.0 Å². The van der Waals surface area contributed by atoms with Crippen LogP contribution in [0.2, 0.25) is 0 Å². The molecule has 0 aliphatic carbocycles. The predicted octanol–water partition coefficient (Wildman–Crippen LogP) is 2.55. The molecule has 194 valence electrons. The molecule has 3 rings (SSSR count). The Hall–Kier alpha value is -3.93. The smallest absolute Gasteiger partial charge is 0.320 e. The standard InChI is InChI=1S/C24H34N8O4/c1-3-4-13-36-23-30-20(26)19-21(31-23)32(24(35)29-19)14-16-8-10-17(11-9-16)28-22(34)27-12-6-5-7-18(25)15(2)33/h8-11,18H,3-7,12-14,25H2,1-2H3,(H,29,35)(H2,26,30,31)(H2,27,28,34). The Morgan fingerprint density at radius 3 is 2.58 bits per heavy atom. The zero-order chi connectivity index (χ0) is 26.1. The molecule has 0 spiro atoms. The number of unbranched alkanes of at least 4 members (excludes halogenated alkanes) is 2. The first kappa shape index (κ1) is 26.7. The van der Waals surface area contributed by atoms with E-state index >= 15 is 0 Å². The number of ketones is 1. The Morgan fingerprint density at radius 1 is 1.14 bits per heavy atom. The summed E-state index contributed by atoms with van der Waals surface area (Å²) in [7, 11) is 0. The number of rotatable bonds is 13. The molecule has 1 atom stereocenters. The van der Waals surface area contributed by atoms with Gasteiger partial charge in [0.25, 0.3) is 6.01 Å². The molecule has 1 unspecified atom stereocenters. The fraction of sp³-hybridized carbons (Fsp3) is 0.458. The second kappa shape index (κ2) is 12.7. The number of urea groups is 1. The molecule has 0 fully saturated rings. The van der Waals surface area contributed by atoms with Gasteiger partial charge in [-0.1, -0.05) is 25.5 Å². The number of hydrogen-bond donors (Lipinski definition) is 5. The molecule has 12 nitrogen and oxygen atoms in total. The number of nitrogens with zero attached hydrogens (tertiary/aromatic N) is 4. The van der Waals surface area contributed by atoms with Gasteiger partial charge in [-0.25, -0.2) is 4.79 Å². The molecule has 2 aromatic heterocycles. The van der Waals surface area contributed by atoms with Gasteiger partial charge in [-0.3, -0.25) is 9.36 Å². The highest BCUT2D eigenvalue weighted by molar-refractivity contribution is 5.89. The van der Waals surface area contributed by atoms with Crippen molar-refractivity contribution in [3.05, 3.63) is 29.8 Å². The minimum absolute atomic E-state index is 0.0286. The van der Waals surface area contributed by atoms with E-state index in [0.717, 1.165) is 31.2 Å². The van der Waals surface area contributed by atoms with Gasteiger partial charge in [0.05, 0.1) is 19.2 Å². The Morgan fingerprint density at radius 2 is 1.89 bits per heavy atom. The van der Waals surface area contributed by atoms with Crippen LogP contribution in [0.25, 0.3) is 11.2 Å². The molecule has 0 bridgehead atoms. The molecule has 7 N–H and O–H groups in total. The van der Waals surface area contributed by atoms with E-state index in [1.54, 1.807) is 12.1 Å². The molecule has 2 amide bonds. The van der Waals surface area contributed by atoms with Crippen LogP contribution in [0.1, 0.15) is 51.5 Å². The van der Waals surface area contributed by atoms with E-state index < -0.39 is 6.04 Å². The molecule has 0 aliphatic heterocycles. The van der Waals surface area contributed by atoms with E-state index in [9.17, 15) is 14.7 Å². The number of anilines is 2. The number of ether oxygens (including phenoxy) is 1. The quantitative estimate of drug-likeness (QED) is 0.221. The van der Waals surface area contributed by atoms with Gasteiger partial charge in [-0.05, 0) is 50.3 Å². The summed E-state index contributed by atoms with van der Waals surface area (Å²) in [5, 5.41) is 15.9. The van der Waals surface area contributed by atoms with Crippen molar-refractivity contribution in [3.8, 4) is 12.0 Å². The maximum Gasteiger partial charge on any atom is 0.320 e. The minimum Gasteiger partial charge on any atom is -0.480 e. The maximum absolute atomic E-state index is 12.1. The number of hydrogen-bond acceptors (Lipinski definition) is 9. The van der Waals surface area contributed by atoms with Crippen LogP contribution in [-0.2, 0) is 11.3 Å². The van der Waals surface area contributed by atoms with Crippen LogP contribution in [0.4, 0.5) is 16.3 Å². The van der Waals surface area contributed by atoms with Gasteiger partial charge in [-0.15, -0.1) is 0 Å². The number of nitrogens with one attached hydrogen (secondary N) is 2. The largest absolute Gasteiger partial charge is 0.480 e.